The molecule has 0 heterocycles. The number of halogens is 2. The van der Waals surface area contributed by atoms with Gasteiger partial charge in [0.25, 0.3) is 10.0 Å². The second-order valence-electron chi connectivity index (χ2n) is 6.83. The van der Waals surface area contributed by atoms with Gasteiger partial charge in [0, 0.05) is 10.0 Å². The topological polar surface area (TPSA) is 37.4 Å². The summed E-state index contributed by atoms with van der Waals surface area (Å²) in [6, 6.07) is 17.5. The highest BCUT2D eigenvalue weighted by molar-refractivity contribution is 7.92. The zero-order valence-electron chi connectivity index (χ0n) is 15.9. The fourth-order valence-electron chi connectivity index (χ4n) is 2.84. The van der Waals surface area contributed by atoms with Crippen molar-refractivity contribution in [2.24, 2.45) is 0 Å². The molecule has 0 aliphatic heterocycles. The fraction of sp³-hybridized carbons (Fsp3) is 0.182. The zero-order valence-corrected chi connectivity index (χ0v) is 18.2. The molecule has 3 rings (SSSR count). The summed E-state index contributed by atoms with van der Waals surface area (Å²) in [5, 5.41) is 0.938. The Kier molecular flexibility index (Phi) is 6.04. The molecule has 146 valence electrons. The molecular weight excluding hydrogens is 413 g/mol. The van der Waals surface area contributed by atoms with Gasteiger partial charge in [0.05, 0.1) is 17.1 Å². The van der Waals surface area contributed by atoms with Crippen LogP contribution in [0.3, 0.4) is 0 Å². The Hall–Kier alpha value is -2.01. The van der Waals surface area contributed by atoms with Gasteiger partial charge < -0.3 is 0 Å². The first kappa shape index (κ1) is 20.7. The van der Waals surface area contributed by atoms with Crippen molar-refractivity contribution in [3.63, 3.8) is 0 Å². The number of aryl methyl sites for hydroxylation is 3. The minimum absolute atomic E-state index is 0.106. The average molecular weight is 434 g/mol. The first-order valence-electron chi connectivity index (χ1n) is 8.79. The molecule has 0 radical (unpaired) electrons. The predicted octanol–water partition coefficient (Wildman–Crippen LogP) is 6.31. The monoisotopic (exact) mass is 433 g/mol. The molecule has 0 aliphatic rings. The lowest BCUT2D eigenvalue weighted by molar-refractivity contribution is 0.590. The fourth-order valence-corrected chi connectivity index (χ4v) is 4.74. The minimum Gasteiger partial charge on any atom is -0.262 e. The largest absolute Gasteiger partial charge is 0.264 e. The van der Waals surface area contributed by atoms with E-state index in [-0.39, 0.29) is 11.4 Å². The Labute approximate surface area is 176 Å². The molecule has 0 aliphatic carbocycles. The van der Waals surface area contributed by atoms with Gasteiger partial charge in [0.1, 0.15) is 0 Å². The molecule has 0 atom stereocenters. The second kappa shape index (κ2) is 8.16. The highest BCUT2D eigenvalue weighted by Gasteiger charge is 2.26. The van der Waals surface area contributed by atoms with Gasteiger partial charge in [-0.3, -0.25) is 4.31 Å². The molecule has 0 saturated carbocycles. The summed E-state index contributed by atoms with van der Waals surface area (Å²) in [5.74, 6) is 0. The lowest BCUT2D eigenvalue weighted by Gasteiger charge is -2.26. The van der Waals surface area contributed by atoms with Gasteiger partial charge in [-0.05, 0) is 73.9 Å². The number of hydrogen-bond acceptors (Lipinski definition) is 2. The van der Waals surface area contributed by atoms with Crippen LogP contribution in [-0.2, 0) is 16.6 Å². The number of benzene rings is 3. The SMILES string of the molecule is Cc1ccc(S(=O)(=O)N(Cc2ccc(Cl)cc2Cl)c2ccc(C)c(C)c2)cc1. The average Bonchev–Trinajstić information content (AvgIpc) is 2.64. The van der Waals surface area contributed by atoms with E-state index in [1.165, 1.54) is 4.31 Å². The van der Waals surface area contributed by atoms with E-state index in [1.807, 2.05) is 39.0 Å². The van der Waals surface area contributed by atoms with Crippen molar-refractivity contribution in [3.05, 3.63) is 93.0 Å². The van der Waals surface area contributed by atoms with Gasteiger partial charge in [-0.2, -0.15) is 0 Å². The van der Waals surface area contributed by atoms with E-state index in [0.29, 0.717) is 21.3 Å². The number of rotatable bonds is 5. The molecule has 0 saturated heterocycles. The standard InChI is InChI=1S/C22H21Cl2NO2S/c1-15-4-10-21(11-5-15)28(26,27)25(20-9-6-16(2)17(3)12-20)14-18-7-8-19(23)13-22(18)24/h4-13H,14H2,1-3H3. The maximum Gasteiger partial charge on any atom is 0.264 e. The third-order valence-electron chi connectivity index (χ3n) is 4.72. The number of sulfonamides is 1. The third kappa shape index (κ3) is 4.35. The summed E-state index contributed by atoms with van der Waals surface area (Å²) >= 11 is 12.3. The molecule has 0 bridgehead atoms. The van der Waals surface area contributed by atoms with E-state index < -0.39 is 10.0 Å². The summed E-state index contributed by atoms with van der Waals surface area (Å²) < 4.78 is 28.3. The number of nitrogens with zero attached hydrogens (tertiary/aromatic N) is 1. The van der Waals surface area contributed by atoms with Crippen LogP contribution < -0.4 is 4.31 Å². The molecule has 3 aromatic carbocycles. The smallest absolute Gasteiger partial charge is 0.262 e. The van der Waals surface area contributed by atoms with E-state index in [4.69, 9.17) is 23.2 Å². The zero-order chi connectivity index (χ0) is 20.5. The van der Waals surface area contributed by atoms with Crippen molar-refractivity contribution in [2.45, 2.75) is 32.2 Å². The normalized spacial score (nSPS) is 11.5. The van der Waals surface area contributed by atoms with Gasteiger partial charge >= 0.3 is 0 Å². The molecule has 0 amide bonds. The second-order valence-corrected chi connectivity index (χ2v) is 9.53. The lowest BCUT2D eigenvalue weighted by Crippen LogP contribution is -2.30. The van der Waals surface area contributed by atoms with Crippen LogP contribution in [0.4, 0.5) is 5.69 Å². The number of anilines is 1. The van der Waals surface area contributed by atoms with Gasteiger partial charge in [-0.25, -0.2) is 8.42 Å². The summed E-state index contributed by atoms with van der Waals surface area (Å²) in [5.41, 5.74) is 4.39. The Bertz CT molecular complexity index is 1110. The van der Waals surface area contributed by atoms with Crippen molar-refractivity contribution in [3.8, 4) is 0 Å². The Morgan fingerprint density at radius 2 is 1.50 bits per heavy atom. The Morgan fingerprint density at radius 3 is 2.11 bits per heavy atom. The highest BCUT2D eigenvalue weighted by atomic mass is 35.5. The first-order chi connectivity index (χ1) is 13.2. The van der Waals surface area contributed by atoms with Crippen LogP contribution in [-0.4, -0.2) is 8.42 Å². The first-order valence-corrected chi connectivity index (χ1v) is 11.0. The molecule has 3 nitrogen and oxygen atoms in total. The van der Waals surface area contributed by atoms with Crippen molar-refractivity contribution in [2.75, 3.05) is 4.31 Å². The maximum absolute atomic E-state index is 13.5. The van der Waals surface area contributed by atoms with E-state index in [1.54, 1.807) is 42.5 Å². The Morgan fingerprint density at radius 1 is 0.821 bits per heavy atom. The summed E-state index contributed by atoms with van der Waals surface area (Å²) in [4.78, 5) is 0.237. The molecule has 0 N–H and O–H groups in total. The summed E-state index contributed by atoms with van der Waals surface area (Å²) in [6.45, 7) is 5.98. The van der Waals surface area contributed by atoms with Crippen LogP contribution in [0.15, 0.2) is 65.6 Å². The van der Waals surface area contributed by atoms with Gasteiger partial charge in [-0.1, -0.05) is 53.0 Å². The van der Waals surface area contributed by atoms with Crippen molar-refractivity contribution in [1.29, 1.82) is 0 Å². The Balaban J connectivity index is 2.12. The van der Waals surface area contributed by atoms with Crippen LogP contribution in [0.5, 0.6) is 0 Å². The van der Waals surface area contributed by atoms with Crippen molar-refractivity contribution >= 4 is 38.9 Å². The van der Waals surface area contributed by atoms with Crippen LogP contribution >= 0.6 is 23.2 Å². The molecule has 0 aromatic heterocycles. The number of hydrogen-bond donors (Lipinski definition) is 0. The summed E-state index contributed by atoms with van der Waals surface area (Å²) in [7, 11) is -3.78. The third-order valence-corrected chi connectivity index (χ3v) is 7.09. The summed E-state index contributed by atoms with van der Waals surface area (Å²) in [6.07, 6.45) is 0. The van der Waals surface area contributed by atoms with E-state index in [2.05, 4.69) is 0 Å². The van der Waals surface area contributed by atoms with Crippen LogP contribution in [0, 0.1) is 20.8 Å². The lowest BCUT2D eigenvalue weighted by atomic mass is 10.1. The molecule has 3 aromatic rings. The van der Waals surface area contributed by atoms with Crippen molar-refractivity contribution < 1.29 is 8.42 Å². The van der Waals surface area contributed by atoms with Crippen LogP contribution in [0.2, 0.25) is 10.0 Å². The van der Waals surface area contributed by atoms with Crippen LogP contribution in [0.25, 0.3) is 0 Å². The van der Waals surface area contributed by atoms with E-state index in [9.17, 15) is 8.42 Å². The molecule has 0 unspecified atom stereocenters. The van der Waals surface area contributed by atoms with Gasteiger partial charge in [0.15, 0.2) is 0 Å². The predicted molar refractivity (Wildman–Crippen MR) is 117 cm³/mol. The van der Waals surface area contributed by atoms with Crippen molar-refractivity contribution in [1.82, 2.24) is 0 Å². The molecule has 0 spiro atoms. The quantitative estimate of drug-likeness (QED) is 0.472. The minimum atomic E-state index is -3.78. The molecule has 0 fully saturated rings. The molecule has 6 heteroatoms. The van der Waals surface area contributed by atoms with Gasteiger partial charge in [-0.15, -0.1) is 0 Å². The molecular formula is C22H21Cl2NO2S. The van der Waals surface area contributed by atoms with Gasteiger partial charge in [0.2, 0.25) is 0 Å². The van der Waals surface area contributed by atoms with E-state index >= 15 is 0 Å². The highest BCUT2D eigenvalue weighted by Crippen LogP contribution is 2.30. The van der Waals surface area contributed by atoms with E-state index in [0.717, 1.165) is 16.7 Å². The van der Waals surface area contributed by atoms with Crippen LogP contribution in [0.1, 0.15) is 22.3 Å². The maximum atomic E-state index is 13.5. The molecule has 28 heavy (non-hydrogen) atoms.